The zero-order chi connectivity index (χ0) is 23.9. The molecule has 4 aromatic rings. The fourth-order valence-electron chi connectivity index (χ4n) is 3.33. The molecule has 1 heterocycles. The SMILES string of the molecule is CC(C)Cn1c(SCC(=O)Nc2ccc(N=Nc3ccccc3)cc2)nc2ccccc2c1=O. The summed E-state index contributed by atoms with van der Waals surface area (Å²) in [5, 5.41) is 12.4. The van der Waals surface area contributed by atoms with Crippen LogP contribution in [0.3, 0.4) is 0 Å². The molecule has 172 valence electrons. The zero-order valence-corrected chi connectivity index (χ0v) is 19.8. The molecule has 7 nitrogen and oxygen atoms in total. The number of hydrogen-bond acceptors (Lipinski definition) is 6. The molecule has 1 N–H and O–H groups in total. The van der Waals surface area contributed by atoms with E-state index in [0.29, 0.717) is 34.0 Å². The summed E-state index contributed by atoms with van der Waals surface area (Å²) in [5.41, 5.74) is 2.68. The summed E-state index contributed by atoms with van der Waals surface area (Å²) < 4.78 is 1.66. The topological polar surface area (TPSA) is 88.7 Å². The van der Waals surface area contributed by atoms with E-state index in [2.05, 4.69) is 20.5 Å². The van der Waals surface area contributed by atoms with Gasteiger partial charge in [-0.2, -0.15) is 10.2 Å². The fourth-order valence-corrected chi connectivity index (χ4v) is 4.14. The lowest BCUT2D eigenvalue weighted by molar-refractivity contribution is -0.113. The van der Waals surface area contributed by atoms with E-state index < -0.39 is 0 Å². The van der Waals surface area contributed by atoms with Crippen molar-refractivity contribution < 1.29 is 4.79 Å². The van der Waals surface area contributed by atoms with E-state index in [1.54, 1.807) is 34.9 Å². The molecule has 0 aliphatic heterocycles. The third-order valence-electron chi connectivity index (χ3n) is 4.89. The van der Waals surface area contributed by atoms with Gasteiger partial charge >= 0.3 is 0 Å². The van der Waals surface area contributed by atoms with Crippen molar-refractivity contribution in [2.45, 2.75) is 25.5 Å². The molecule has 0 saturated carbocycles. The number of rotatable bonds is 8. The second-order valence-corrected chi connectivity index (χ2v) is 9.08. The van der Waals surface area contributed by atoms with Crippen LogP contribution in [0.5, 0.6) is 0 Å². The fraction of sp³-hybridized carbons (Fsp3) is 0.192. The van der Waals surface area contributed by atoms with E-state index in [9.17, 15) is 9.59 Å². The van der Waals surface area contributed by atoms with Gasteiger partial charge in [0, 0.05) is 12.2 Å². The Morgan fingerprint density at radius 2 is 1.59 bits per heavy atom. The van der Waals surface area contributed by atoms with Crippen molar-refractivity contribution in [3.8, 4) is 0 Å². The number of hydrogen-bond donors (Lipinski definition) is 1. The lowest BCUT2D eigenvalue weighted by Gasteiger charge is -2.14. The minimum atomic E-state index is -0.179. The molecule has 0 atom stereocenters. The number of nitrogens with zero attached hydrogens (tertiary/aromatic N) is 4. The number of amides is 1. The number of anilines is 1. The first-order valence-electron chi connectivity index (χ1n) is 11.0. The Hall–Kier alpha value is -3.78. The highest BCUT2D eigenvalue weighted by molar-refractivity contribution is 7.99. The standard InChI is InChI=1S/C26H25N5O2S/c1-18(2)16-31-25(33)22-10-6-7-11-23(22)28-26(31)34-17-24(32)27-19-12-14-21(15-13-19)30-29-20-8-4-3-5-9-20/h3-15,18H,16-17H2,1-2H3,(H,27,32). The van der Waals surface area contributed by atoms with Crippen molar-refractivity contribution in [2.75, 3.05) is 11.1 Å². The molecule has 0 bridgehead atoms. The molecule has 0 fully saturated rings. The van der Waals surface area contributed by atoms with Crippen LogP contribution in [0.15, 0.2) is 99.0 Å². The van der Waals surface area contributed by atoms with Crippen LogP contribution < -0.4 is 10.9 Å². The van der Waals surface area contributed by atoms with Crippen LogP contribution in [0.1, 0.15) is 13.8 Å². The minimum Gasteiger partial charge on any atom is -0.325 e. The Morgan fingerprint density at radius 1 is 0.941 bits per heavy atom. The summed E-state index contributed by atoms with van der Waals surface area (Å²) in [6, 6.07) is 23.9. The van der Waals surface area contributed by atoms with Crippen molar-refractivity contribution in [1.82, 2.24) is 9.55 Å². The number of para-hydroxylation sites is 1. The predicted molar refractivity (Wildman–Crippen MR) is 137 cm³/mol. The van der Waals surface area contributed by atoms with Gasteiger partial charge in [-0.1, -0.05) is 55.9 Å². The van der Waals surface area contributed by atoms with E-state index in [0.717, 1.165) is 5.69 Å². The van der Waals surface area contributed by atoms with Gasteiger partial charge in [-0.3, -0.25) is 14.2 Å². The molecule has 0 aliphatic rings. The average Bonchev–Trinajstić information content (AvgIpc) is 2.85. The van der Waals surface area contributed by atoms with Gasteiger partial charge in [0.1, 0.15) is 0 Å². The maximum Gasteiger partial charge on any atom is 0.262 e. The maximum absolute atomic E-state index is 13.0. The van der Waals surface area contributed by atoms with E-state index in [-0.39, 0.29) is 23.1 Å². The summed E-state index contributed by atoms with van der Waals surface area (Å²) in [6.07, 6.45) is 0. The van der Waals surface area contributed by atoms with Crippen LogP contribution in [0, 0.1) is 5.92 Å². The largest absolute Gasteiger partial charge is 0.325 e. The number of thioether (sulfide) groups is 1. The third-order valence-corrected chi connectivity index (χ3v) is 5.87. The average molecular weight is 472 g/mol. The van der Waals surface area contributed by atoms with E-state index in [4.69, 9.17) is 0 Å². The Kier molecular flexibility index (Phi) is 7.49. The molecule has 34 heavy (non-hydrogen) atoms. The smallest absolute Gasteiger partial charge is 0.262 e. The van der Waals surface area contributed by atoms with Gasteiger partial charge in [0.05, 0.1) is 28.0 Å². The summed E-state index contributed by atoms with van der Waals surface area (Å²) in [7, 11) is 0. The second kappa shape index (κ2) is 10.9. The van der Waals surface area contributed by atoms with Gasteiger partial charge in [-0.25, -0.2) is 4.98 Å². The number of carbonyl (C=O) groups is 1. The van der Waals surface area contributed by atoms with E-state index in [1.165, 1.54) is 11.8 Å². The number of aromatic nitrogens is 2. The maximum atomic E-state index is 13.0. The predicted octanol–water partition coefficient (Wildman–Crippen LogP) is 6.20. The number of carbonyl (C=O) groups excluding carboxylic acids is 1. The molecule has 1 amide bonds. The summed E-state index contributed by atoms with van der Waals surface area (Å²) in [6.45, 7) is 4.64. The molecule has 1 aromatic heterocycles. The molecule has 8 heteroatoms. The van der Waals surface area contributed by atoms with E-state index >= 15 is 0 Å². The summed E-state index contributed by atoms with van der Waals surface area (Å²) in [5.74, 6) is 0.229. The van der Waals surface area contributed by atoms with Gasteiger partial charge in [0.2, 0.25) is 5.91 Å². The van der Waals surface area contributed by atoms with Crippen LogP contribution >= 0.6 is 11.8 Å². The van der Waals surface area contributed by atoms with Crippen molar-refractivity contribution >= 4 is 45.6 Å². The molecule has 0 spiro atoms. The Balaban J connectivity index is 1.42. The van der Waals surface area contributed by atoms with Gasteiger partial charge in [0.25, 0.3) is 5.56 Å². The molecule has 0 saturated heterocycles. The van der Waals surface area contributed by atoms with Gasteiger partial charge < -0.3 is 5.32 Å². The quantitative estimate of drug-likeness (QED) is 0.188. The molecule has 0 aliphatic carbocycles. The Labute approximate surface area is 202 Å². The first kappa shape index (κ1) is 23.4. The normalized spacial score (nSPS) is 11.4. The van der Waals surface area contributed by atoms with Crippen molar-refractivity contribution in [2.24, 2.45) is 16.1 Å². The summed E-state index contributed by atoms with van der Waals surface area (Å²) >= 11 is 1.26. The molecule has 0 radical (unpaired) electrons. The molecular formula is C26H25N5O2S. The van der Waals surface area contributed by atoms with Crippen molar-refractivity contribution in [3.05, 3.63) is 89.2 Å². The monoisotopic (exact) mass is 471 g/mol. The van der Waals surface area contributed by atoms with Crippen LogP contribution in [0.4, 0.5) is 17.1 Å². The van der Waals surface area contributed by atoms with Crippen LogP contribution in [0.25, 0.3) is 10.9 Å². The highest BCUT2D eigenvalue weighted by atomic mass is 32.2. The summed E-state index contributed by atoms with van der Waals surface area (Å²) in [4.78, 5) is 30.2. The van der Waals surface area contributed by atoms with Crippen LogP contribution in [-0.2, 0) is 11.3 Å². The number of nitrogens with one attached hydrogen (secondary N) is 1. The van der Waals surface area contributed by atoms with Crippen LogP contribution in [-0.4, -0.2) is 21.2 Å². The van der Waals surface area contributed by atoms with Crippen LogP contribution in [0.2, 0.25) is 0 Å². The van der Waals surface area contributed by atoms with E-state index in [1.807, 2.05) is 62.4 Å². The third kappa shape index (κ3) is 5.96. The number of azo groups is 1. The lowest BCUT2D eigenvalue weighted by atomic mass is 10.2. The first-order chi connectivity index (χ1) is 16.5. The molecular weight excluding hydrogens is 446 g/mol. The molecule has 0 unspecified atom stereocenters. The van der Waals surface area contributed by atoms with Gasteiger partial charge in [-0.05, 0) is 54.4 Å². The Morgan fingerprint density at radius 3 is 2.29 bits per heavy atom. The minimum absolute atomic E-state index is 0.0811. The van der Waals surface area contributed by atoms with Crippen molar-refractivity contribution in [1.29, 1.82) is 0 Å². The van der Waals surface area contributed by atoms with Crippen molar-refractivity contribution in [3.63, 3.8) is 0 Å². The Bertz CT molecular complexity index is 1370. The molecule has 3 aromatic carbocycles. The lowest BCUT2D eigenvalue weighted by Crippen LogP contribution is -2.26. The molecule has 4 rings (SSSR count). The van der Waals surface area contributed by atoms with Gasteiger partial charge in [-0.15, -0.1) is 0 Å². The zero-order valence-electron chi connectivity index (χ0n) is 19.0. The van der Waals surface area contributed by atoms with Gasteiger partial charge in [0.15, 0.2) is 5.16 Å². The second-order valence-electron chi connectivity index (χ2n) is 8.14. The first-order valence-corrected chi connectivity index (χ1v) is 12.0. The highest BCUT2D eigenvalue weighted by Crippen LogP contribution is 2.22. The number of fused-ring (bicyclic) bond motifs is 1. The number of benzene rings is 3. The highest BCUT2D eigenvalue weighted by Gasteiger charge is 2.14.